The van der Waals surface area contributed by atoms with E-state index in [2.05, 4.69) is 67.8 Å². The molecule has 2 N–H and O–H groups in total. The molecule has 224 valence electrons. The van der Waals surface area contributed by atoms with Crippen molar-refractivity contribution >= 4 is 34.2 Å². The van der Waals surface area contributed by atoms with Crippen LogP contribution in [-0.2, 0) is 27.2 Å². The van der Waals surface area contributed by atoms with Gasteiger partial charge in [0.25, 0.3) is 0 Å². The highest BCUT2D eigenvalue weighted by Crippen LogP contribution is 2.42. The average Bonchev–Trinajstić information content (AvgIpc) is 3.36. The summed E-state index contributed by atoms with van der Waals surface area (Å²) in [5, 5.41) is 17.1. The Morgan fingerprint density at radius 2 is 1.76 bits per heavy atom. The lowest BCUT2D eigenvalue weighted by molar-refractivity contribution is -0.151. The molecule has 0 bridgehead atoms. The number of aryl methyl sites for hydroxylation is 1. The van der Waals surface area contributed by atoms with E-state index in [-0.39, 0.29) is 17.8 Å². The largest absolute Gasteiger partial charge is 0.479 e. The molecule has 0 radical (unpaired) electrons. The second-order valence-corrected chi connectivity index (χ2v) is 11.5. The van der Waals surface area contributed by atoms with Crippen LogP contribution in [0, 0.1) is 5.92 Å². The Bertz CT molecular complexity index is 1500. The van der Waals surface area contributed by atoms with Crippen LogP contribution in [0.25, 0.3) is 16.5 Å². The van der Waals surface area contributed by atoms with Crippen molar-refractivity contribution < 1.29 is 29.3 Å². The smallest absolute Gasteiger partial charge is 0.332 e. The summed E-state index contributed by atoms with van der Waals surface area (Å²) in [5.74, 6) is -2.04. The number of aliphatic carboxylic acids is 1. The van der Waals surface area contributed by atoms with Crippen LogP contribution in [0.5, 0.6) is 0 Å². The number of hydrogen-bond acceptors (Lipinski definition) is 6. The second-order valence-electron chi connectivity index (χ2n) is 11.5. The van der Waals surface area contributed by atoms with E-state index in [0.717, 1.165) is 18.4 Å². The molecule has 3 aromatic rings. The zero-order chi connectivity index (χ0) is 30.7. The van der Waals surface area contributed by atoms with Gasteiger partial charge in [0.1, 0.15) is 6.10 Å². The molecule has 4 atom stereocenters. The molecule has 0 fully saturated rings. The summed E-state index contributed by atoms with van der Waals surface area (Å²) in [7, 11) is 2.08. The predicted octanol–water partition coefficient (Wildman–Crippen LogP) is 5.31. The van der Waals surface area contributed by atoms with E-state index in [1.165, 1.54) is 34.5 Å². The third-order valence-electron chi connectivity index (χ3n) is 8.18. The predicted molar refractivity (Wildman–Crippen MR) is 164 cm³/mol. The lowest BCUT2D eigenvalue weighted by Crippen LogP contribution is -2.45. The number of likely N-dealkylation sites (N-methyl/N-ethyl adjacent to an activating group) is 1. The van der Waals surface area contributed by atoms with Gasteiger partial charge in [0, 0.05) is 41.3 Å². The molecule has 2 unspecified atom stereocenters. The van der Waals surface area contributed by atoms with Gasteiger partial charge in [0.05, 0.1) is 5.92 Å². The molecule has 2 aromatic carbocycles. The Hall–Kier alpha value is -3.75. The first-order valence-corrected chi connectivity index (χ1v) is 14.8. The highest BCUT2D eigenvalue weighted by atomic mass is 16.5. The summed E-state index contributed by atoms with van der Waals surface area (Å²) in [4.78, 5) is 38.3. The van der Waals surface area contributed by atoms with Gasteiger partial charge in [-0.25, -0.2) is 4.79 Å². The van der Waals surface area contributed by atoms with E-state index in [4.69, 9.17) is 14.9 Å². The number of nitrogens with zero attached hydrogens (tertiary/aromatic N) is 2. The first-order chi connectivity index (χ1) is 20.0. The number of fused-ring (bicyclic) bond motifs is 2. The first-order valence-electron chi connectivity index (χ1n) is 14.8. The summed E-state index contributed by atoms with van der Waals surface area (Å²) in [6.07, 6.45) is 4.64. The number of aromatic nitrogens is 1. The molecule has 0 spiro atoms. The van der Waals surface area contributed by atoms with Crippen LogP contribution in [0.2, 0.25) is 0 Å². The van der Waals surface area contributed by atoms with E-state index in [9.17, 15) is 14.4 Å². The van der Waals surface area contributed by atoms with E-state index in [0.29, 0.717) is 24.6 Å². The number of benzene rings is 2. The third-order valence-corrected chi connectivity index (χ3v) is 8.18. The second kappa shape index (κ2) is 13.0. The number of carboxylic acids is 1. The van der Waals surface area contributed by atoms with E-state index in [1.54, 1.807) is 0 Å². The van der Waals surface area contributed by atoms with Crippen LogP contribution < -0.4 is 0 Å². The summed E-state index contributed by atoms with van der Waals surface area (Å²) >= 11 is 0. The molecule has 1 aliphatic carbocycles. The molecule has 1 aromatic heterocycles. The number of rotatable bonds is 8. The van der Waals surface area contributed by atoms with Gasteiger partial charge >= 0.3 is 11.9 Å². The highest BCUT2D eigenvalue weighted by Gasteiger charge is 2.37. The number of hydrogen-bond donors (Lipinski definition) is 2. The molecule has 2 aliphatic rings. The minimum atomic E-state index is -1.23. The maximum Gasteiger partial charge on any atom is 0.332 e. The Kier molecular flexibility index (Phi) is 9.69. The summed E-state index contributed by atoms with van der Waals surface area (Å²) in [6.45, 7) is 10.2. The lowest BCUT2D eigenvalue weighted by Gasteiger charge is -2.39. The van der Waals surface area contributed by atoms with Crippen LogP contribution in [0.15, 0.2) is 54.7 Å². The fourth-order valence-corrected chi connectivity index (χ4v) is 5.84. The zero-order valence-corrected chi connectivity index (χ0v) is 25.3. The van der Waals surface area contributed by atoms with Gasteiger partial charge in [-0.2, -0.15) is 0 Å². The van der Waals surface area contributed by atoms with Gasteiger partial charge in [0.15, 0.2) is 6.10 Å². The number of esters is 1. The Labute approximate surface area is 247 Å². The lowest BCUT2D eigenvalue weighted by atomic mass is 9.80. The number of carboxylic acid groups (broad SMARTS) is 1. The fraction of sp³-hybridized carbons (Fsp3) is 0.441. The number of ketones is 1. The van der Waals surface area contributed by atoms with Crippen molar-refractivity contribution in [1.82, 2.24) is 9.47 Å². The number of Topliss-reactive ketones (excluding diaryl/α,β-unsaturated/α-hetero) is 1. The molecule has 42 heavy (non-hydrogen) atoms. The van der Waals surface area contributed by atoms with Crippen molar-refractivity contribution in [3.05, 3.63) is 77.0 Å². The number of ether oxygens (including phenoxy) is 1. The molecule has 8 heteroatoms. The van der Waals surface area contributed by atoms with Crippen molar-refractivity contribution in [3.8, 4) is 0 Å². The van der Waals surface area contributed by atoms with Crippen LogP contribution >= 0.6 is 0 Å². The van der Waals surface area contributed by atoms with Crippen LogP contribution in [0.4, 0.5) is 0 Å². The third kappa shape index (κ3) is 6.35. The maximum absolute atomic E-state index is 13.4. The maximum atomic E-state index is 13.4. The number of carbonyl (C=O) groups excluding carboxylic acids is 2. The standard InChI is InChI=1S/C31H36N2O3.C3H6O3/c1-6-20-10-8-11-21(14-20)30(34)28(7-2)36-31(35)23-15-25-24-12-9-13-26-29(24)22(18-33(26)19(3)4)16-27(25)32(5)17-23;1-2(4)3(5)6/h8-15,18-19,23,27-28H,6-7,16-17H2,1-5H3;2,4H,1H3,(H,5,6)/t23-,27-,28?;/m1./s1. The molecule has 0 amide bonds. The quantitative estimate of drug-likeness (QED) is 0.277. The number of aliphatic hydroxyl groups excluding tert-OH is 1. The Morgan fingerprint density at radius 3 is 2.38 bits per heavy atom. The van der Waals surface area contributed by atoms with Crippen molar-refractivity contribution in [2.24, 2.45) is 5.92 Å². The van der Waals surface area contributed by atoms with Crippen molar-refractivity contribution in [3.63, 3.8) is 0 Å². The van der Waals surface area contributed by atoms with Crippen LogP contribution in [0.1, 0.15) is 74.1 Å². The monoisotopic (exact) mass is 574 g/mol. The van der Waals surface area contributed by atoms with E-state index in [1.807, 2.05) is 31.2 Å². The fourth-order valence-electron chi connectivity index (χ4n) is 5.84. The summed E-state index contributed by atoms with van der Waals surface area (Å²) in [5.41, 5.74) is 6.73. The topological polar surface area (TPSA) is 109 Å². The van der Waals surface area contributed by atoms with Crippen LogP contribution in [-0.4, -0.2) is 69.2 Å². The van der Waals surface area contributed by atoms with Gasteiger partial charge in [0.2, 0.25) is 5.78 Å². The molecule has 5 rings (SSSR count). The van der Waals surface area contributed by atoms with Gasteiger partial charge in [-0.3, -0.25) is 14.5 Å². The molecule has 8 nitrogen and oxygen atoms in total. The SMILES string of the molecule is CC(O)C(=O)O.CCc1cccc(C(=O)C(CC)OC(=O)[C@@H]2C=C3c4cccc5c4c(cn5C(C)C)C[C@H]3N(C)C2)c1. The molecule has 1 aliphatic heterocycles. The van der Waals surface area contributed by atoms with Gasteiger partial charge in [-0.15, -0.1) is 0 Å². The molecular weight excluding hydrogens is 532 g/mol. The Morgan fingerprint density at radius 1 is 1.07 bits per heavy atom. The van der Waals surface area contributed by atoms with Crippen molar-refractivity contribution in [1.29, 1.82) is 0 Å². The summed E-state index contributed by atoms with van der Waals surface area (Å²) < 4.78 is 8.22. The summed E-state index contributed by atoms with van der Waals surface area (Å²) in [6, 6.07) is 14.7. The van der Waals surface area contributed by atoms with Crippen molar-refractivity contribution in [2.45, 2.75) is 78.2 Å². The minimum Gasteiger partial charge on any atom is -0.479 e. The van der Waals surface area contributed by atoms with Gasteiger partial charge < -0.3 is 19.5 Å². The molecule has 2 heterocycles. The highest BCUT2D eigenvalue weighted by molar-refractivity contribution is 6.01. The average molecular weight is 575 g/mol. The molecular formula is C34H42N2O6. The number of carbonyl (C=O) groups is 3. The van der Waals surface area contributed by atoms with E-state index < -0.39 is 24.1 Å². The first kappa shape index (κ1) is 31.2. The van der Waals surface area contributed by atoms with Gasteiger partial charge in [-0.05, 0) is 81.5 Å². The van der Waals surface area contributed by atoms with Crippen molar-refractivity contribution in [2.75, 3.05) is 13.6 Å². The minimum absolute atomic E-state index is 0.127. The molecule has 0 saturated carbocycles. The zero-order valence-electron chi connectivity index (χ0n) is 25.3. The normalized spacial score (nSPS) is 19.3. The van der Waals surface area contributed by atoms with Crippen LogP contribution in [0.3, 0.4) is 0 Å². The van der Waals surface area contributed by atoms with E-state index >= 15 is 0 Å². The molecule has 0 saturated heterocycles. The van der Waals surface area contributed by atoms with Gasteiger partial charge in [-0.1, -0.05) is 50.3 Å². The Balaban J connectivity index is 0.000000612. The number of aliphatic hydroxyl groups is 1.